The average molecular weight is 281 g/mol. The predicted molar refractivity (Wildman–Crippen MR) is 82.6 cm³/mol. The van der Waals surface area contributed by atoms with Crippen molar-refractivity contribution in [1.29, 1.82) is 0 Å². The SMILES string of the molecule is Nc1ccc(CC(=O)NC2CCCc3ccccc32)nc1. The van der Waals surface area contributed by atoms with E-state index < -0.39 is 0 Å². The highest BCUT2D eigenvalue weighted by molar-refractivity contribution is 5.78. The van der Waals surface area contributed by atoms with Crippen molar-refractivity contribution >= 4 is 11.6 Å². The van der Waals surface area contributed by atoms with Crippen LogP contribution in [0, 0.1) is 0 Å². The minimum absolute atomic E-state index is 0.00831. The van der Waals surface area contributed by atoms with Gasteiger partial charge >= 0.3 is 0 Å². The number of amides is 1. The largest absolute Gasteiger partial charge is 0.397 e. The number of carbonyl (C=O) groups is 1. The number of fused-ring (bicyclic) bond motifs is 1. The molecule has 0 fully saturated rings. The fourth-order valence-corrected chi connectivity index (χ4v) is 2.85. The van der Waals surface area contributed by atoms with E-state index in [1.54, 1.807) is 18.3 Å². The fourth-order valence-electron chi connectivity index (χ4n) is 2.85. The lowest BCUT2D eigenvalue weighted by molar-refractivity contribution is -0.121. The van der Waals surface area contributed by atoms with Gasteiger partial charge in [-0.25, -0.2) is 0 Å². The fraction of sp³-hybridized carbons (Fsp3) is 0.294. The van der Waals surface area contributed by atoms with Crippen molar-refractivity contribution in [2.75, 3.05) is 5.73 Å². The number of hydrogen-bond donors (Lipinski definition) is 2. The van der Waals surface area contributed by atoms with Crippen molar-refractivity contribution in [3.05, 3.63) is 59.4 Å². The van der Waals surface area contributed by atoms with E-state index in [4.69, 9.17) is 5.73 Å². The van der Waals surface area contributed by atoms with E-state index in [1.807, 2.05) is 6.07 Å². The molecule has 0 saturated heterocycles. The zero-order valence-electron chi connectivity index (χ0n) is 11.9. The number of pyridine rings is 1. The molecule has 0 bridgehead atoms. The molecular weight excluding hydrogens is 262 g/mol. The predicted octanol–water partition coefficient (Wildman–Crippen LogP) is 2.40. The van der Waals surface area contributed by atoms with Crippen LogP contribution in [0.1, 0.15) is 35.7 Å². The number of rotatable bonds is 3. The molecule has 108 valence electrons. The lowest BCUT2D eigenvalue weighted by Gasteiger charge is -2.26. The summed E-state index contributed by atoms with van der Waals surface area (Å²) in [6, 6.07) is 12.0. The molecule has 4 heteroatoms. The molecule has 1 aromatic carbocycles. The average Bonchev–Trinajstić information content (AvgIpc) is 2.50. The first kappa shape index (κ1) is 13.6. The van der Waals surface area contributed by atoms with Crippen LogP contribution in [0.5, 0.6) is 0 Å². The summed E-state index contributed by atoms with van der Waals surface area (Å²) in [5.41, 5.74) is 9.55. The quantitative estimate of drug-likeness (QED) is 0.907. The Labute approximate surface area is 124 Å². The molecule has 1 unspecified atom stereocenters. The summed E-state index contributed by atoms with van der Waals surface area (Å²) in [4.78, 5) is 16.4. The zero-order valence-corrected chi connectivity index (χ0v) is 11.9. The molecule has 1 aliphatic rings. The van der Waals surface area contributed by atoms with E-state index in [0.717, 1.165) is 25.0 Å². The maximum Gasteiger partial charge on any atom is 0.226 e. The highest BCUT2D eigenvalue weighted by Gasteiger charge is 2.21. The molecule has 0 spiro atoms. The van der Waals surface area contributed by atoms with Crippen LogP contribution in [0.2, 0.25) is 0 Å². The molecule has 3 rings (SSSR count). The Morgan fingerprint density at radius 3 is 2.95 bits per heavy atom. The molecule has 1 aliphatic carbocycles. The lowest BCUT2D eigenvalue weighted by atomic mass is 9.87. The molecule has 0 saturated carbocycles. The summed E-state index contributed by atoms with van der Waals surface area (Å²) in [5, 5.41) is 3.13. The number of nitrogens with two attached hydrogens (primary N) is 1. The summed E-state index contributed by atoms with van der Waals surface area (Å²) in [6.07, 6.45) is 5.08. The smallest absolute Gasteiger partial charge is 0.226 e. The number of benzene rings is 1. The van der Waals surface area contributed by atoms with Gasteiger partial charge in [-0.05, 0) is 42.5 Å². The van der Waals surface area contributed by atoms with Crippen LogP contribution in [0.15, 0.2) is 42.6 Å². The number of anilines is 1. The van der Waals surface area contributed by atoms with E-state index >= 15 is 0 Å². The molecule has 4 nitrogen and oxygen atoms in total. The van der Waals surface area contributed by atoms with Gasteiger partial charge in [0.2, 0.25) is 5.91 Å². The number of carbonyl (C=O) groups excluding carboxylic acids is 1. The van der Waals surface area contributed by atoms with Crippen LogP contribution < -0.4 is 11.1 Å². The highest BCUT2D eigenvalue weighted by atomic mass is 16.1. The topological polar surface area (TPSA) is 68.0 Å². The Kier molecular flexibility index (Phi) is 3.86. The van der Waals surface area contributed by atoms with Gasteiger partial charge in [-0.3, -0.25) is 9.78 Å². The van der Waals surface area contributed by atoms with Crippen LogP contribution in [0.3, 0.4) is 0 Å². The number of nitrogen functional groups attached to an aromatic ring is 1. The normalized spacial score (nSPS) is 17.0. The maximum atomic E-state index is 12.2. The van der Waals surface area contributed by atoms with Gasteiger partial charge in [0.15, 0.2) is 0 Å². The number of aromatic nitrogens is 1. The first-order valence-electron chi connectivity index (χ1n) is 7.30. The first-order chi connectivity index (χ1) is 10.2. The zero-order chi connectivity index (χ0) is 14.7. The van der Waals surface area contributed by atoms with Gasteiger partial charge in [0.25, 0.3) is 0 Å². The third-order valence-electron chi connectivity index (χ3n) is 3.89. The highest BCUT2D eigenvalue weighted by Crippen LogP contribution is 2.29. The number of nitrogens with one attached hydrogen (secondary N) is 1. The number of nitrogens with zero attached hydrogens (tertiary/aromatic N) is 1. The summed E-state index contributed by atoms with van der Waals surface area (Å²) in [5.74, 6) is 0.00831. The first-order valence-corrected chi connectivity index (χ1v) is 7.30. The van der Waals surface area contributed by atoms with Gasteiger partial charge in [0.1, 0.15) is 0 Å². The van der Waals surface area contributed by atoms with Crippen LogP contribution in [0.4, 0.5) is 5.69 Å². The van der Waals surface area contributed by atoms with E-state index in [1.165, 1.54) is 11.1 Å². The second-order valence-electron chi connectivity index (χ2n) is 5.47. The van der Waals surface area contributed by atoms with Crippen LogP contribution in [-0.4, -0.2) is 10.9 Å². The van der Waals surface area contributed by atoms with Crippen LogP contribution in [-0.2, 0) is 17.6 Å². The monoisotopic (exact) mass is 281 g/mol. The van der Waals surface area contributed by atoms with Crippen LogP contribution in [0.25, 0.3) is 0 Å². The minimum atomic E-state index is 0.00831. The molecule has 1 aromatic heterocycles. The molecule has 1 amide bonds. The van der Waals surface area contributed by atoms with E-state index in [9.17, 15) is 4.79 Å². The van der Waals surface area contributed by atoms with Crippen molar-refractivity contribution in [1.82, 2.24) is 10.3 Å². The standard InChI is InChI=1S/C17H19N3O/c18-13-8-9-14(19-11-13)10-17(21)20-16-7-3-5-12-4-1-2-6-15(12)16/h1-2,4,6,8-9,11,16H,3,5,7,10,18H2,(H,20,21). The van der Waals surface area contributed by atoms with Gasteiger partial charge in [-0.1, -0.05) is 24.3 Å². The van der Waals surface area contributed by atoms with E-state index in [0.29, 0.717) is 12.1 Å². The Morgan fingerprint density at radius 2 is 2.14 bits per heavy atom. The van der Waals surface area contributed by atoms with Crippen molar-refractivity contribution in [3.8, 4) is 0 Å². The molecule has 2 aromatic rings. The van der Waals surface area contributed by atoms with Gasteiger partial charge < -0.3 is 11.1 Å². The Bertz CT molecular complexity index is 637. The van der Waals surface area contributed by atoms with Gasteiger partial charge in [0, 0.05) is 5.69 Å². The second-order valence-corrected chi connectivity index (χ2v) is 5.47. The summed E-state index contributed by atoms with van der Waals surface area (Å²) < 4.78 is 0. The molecule has 3 N–H and O–H groups in total. The van der Waals surface area contributed by atoms with Crippen molar-refractivity contribution in [2.45, 2.75) is 31.7 Å². The van der Waals surface area contributed by atoms with Crippen LogP contribution >= 0.6 is 0 Å². The Hall–Kier alpha value is -2.36. The lowest BCUT2D eigenvalue weighted by Crippen LogP contribution is -2.32. The second kappa shape index (κ2) is 5.95. The summed E-state index contributed by atoms with van der Waals surface area (Å²) >= 11 is 0. The van der Waals surface area contributed by atoms with E-state index in [-0.39, 0.29) is 11.9 Å². The molecule has 1 heterocycles. The Morgan fingerprint density at radius 1 is 1.29 bits per heavy atom. The maximum absolute atomic E-state index is 12.2. The van der Waals surface area contributed by atoms with Gasteiger partial charge in [-0.15, -0.1) is 0 Å². The number of hydrogen-bond acceptors (Lipinski definition) is 3. The third kappa shape index (κ3) is 3.21. The van der Waals surface area contributed by atoms with E-state index in [2.05, 4.69) is 28.5 Å². The summed E-state index contributed by atoms with van der Waals surface area (Å²) in [7, 11) is 0. The van der Waals surface area contributed by atoms with Gasteiger partial charge in [0.05, 0.1) is 24.3 Å². The molecule has 0 aliphatic heterocycles. The van der Waals surface area contributed by atoms with Crippen molar-refractivity contribution < 1.29 is 4.79 Å². The molecule has 0 radical (unpaired) electrons. The Balaban J connectivity index is 1.67. The van der Waals surface area contributed by atoms with Crippen molar-refractivity contribution in [3.63, 3.8) is 0 Å². The van der Waals surface area contributed by atoms with Gasteiger partial charge in [-0.2, -0.15) is 0 Å². The molecular formula is C17H19N3O. The minimum Gasteiger partial charge on any atom is -0.397 e. The molecule has 21 heavy (non-hydrogen) atoms. The number of aryl methyl sites for hydroxylation is 1. The summed E-state index contributed by atoms with van der Waals surface area (Å²) in [6.45, 7) is 0. The van der Waals surface area contributed by atoms with Crippen molar-refractivity contribution in [2.24, 2.45) is 0 Å². The molecule has 1 atom stereocenters. The third-order valence-corrected chi connectivity index (χ3v) is 3.89.